The fraction of sp³-hybridized carbons (Fsp3) is 0.263. The third kappa shape index (κ3) is 5.11. The average molecular weight is 324 g/mol. The molecule has 1 atom stereocenters. The molecule has 0 radical (unpaired) electrons. The van der Waals surface area contributed by atoms with Gasteiger partial charge >= 0.3 is 0 Å². The highest BCUT2D eigenvalue weighted by Crippen LogP contribution is 2.19. The first-order chi connectivity index (χ1) is 11.5. The van der Waals surface area contributed by atoms with Gasteiger partial charge < -0.3 is 15.2 Å². The quantitative estimate of drug-likeness (QED) is 0.817. The SMILES string of the molecule is CC(O)(CNC(=O)Cc1cccc(OCC#N)c1)c1ccccc1. The summed E-state index contributed by atoms with van der Waals surface area (Å²) in [6, 6.07) is 18.2. The van der Waals surface area contributed by atoms with Crippen molar-refractivity contribution in [3.8, 4) is 11.8 Å². The number of carbonyl (C=O) groups excluding carboxylic acids is 1. The normalized spacial score (nSPS) is 12.7. The average Bonchev–Trinajstić information content (AvgIpc) is 2.59. The van der Waals surface area contributed by atoms with E-state index in [2.05, 4.69) is 5.32 Å². The number of benzene rings is 2. The maximum Gasteiger partial charge on any atom is 0.224 e. The highest BCUT2D eigenvalue weighted by atomic mass is 16.5. The van der Waals surface area contributed by atoms with E-state index in [1.165, 1.54) is 0 Å². The predicted molar refractivity (Wildman–Crippen MR) is 90.3 cm³/mol. The van der Waals surface area contributed by atoms with Crippen molar-refractivity contribution in [2.45, 2.75) is 18.9 Å². The zero-order chi connectivity index (χ0) is 17.4. The number of nitrogens with zero attached hydrogens (tertiary/aromatic N) is 1. The molecular weight excluding hydrogens is 304 g/mol. The van der Waals surface area contributed by atoms with Crippen LogP contribution in [0.2, 0.25) is 0 Å². The standard InChI is InChI=1S/C19H20N2O3/c1-19(23,16-7-3-2-4-8-16)14-21-18(22)13-15-6-5-9-17(12-15)24-11-10-20/h2-9,12,23H,11,13-14H2,1H3,(H,21,22). The monoisotopic (exact) mass is 324 g/mol. The summed E-state index contributed by atoms with van der Waals surface area (Å²) in [6.45, 7) is 1.76. The molecule has 1 unspecified atom stereocenters. The number of aliphatic hydroxyl groups is 1. The third-order valence-corrected chi connectivity index (χ3v) is 3.59. The first kappa shape index (κ1) is 17.5. The van der Waals surface area contributed by atoms with E-state index in [0.29, 0.717) is 5.75 Å². The molecule has 0 aromatic heterocycles. The van der Waals surface area contributed by atoms with Gasteiger partial charge in [0.2, 0.25) is 5.91 Å². The molecule has 24 heavy (non-hydrogen) atoms. The predicted octanol–water partition coefficient (Wildman–Crippen LogP) is 2.16. The van der Waals surface area contributed by atoms with Crippen LogP contribution in [-0.4, -0.2) is 24.2 Å². The smallest absolute Gasteiger partial charge is 0.224 e. The topological polar surface area (TPSA) is 82.3 Å². The third-order valence-electron chi connectivity index (χ3n) is 3.59. The lowest BCUT2D eigenvalue weighted by Gasteiger charge is -2.24. The molecule has 0 aliphatic heterocycles. The molecule has 124 valence electrons. The zero-order valence-electron chi connectivity index (χ0n) is 13.5. The van der Waals surface area contributed by atoms with Gasteiger partial charge in [0.1, 0.15) is 17.4 Å². The van der Waals surface area contributed by atoms with E-state index >= 15 is 0 Å². The highest BCUT2D eigenvalue weighted by Gasteiger charge is 2.23. The lowest BCUT2D eigenvalue weighted by Crippen LogP contribution is -2.39. The molecule has 0 bridgehead atoms. The highest BCUT2D eigenvalue weighted by molar-refractivity contribution is 5.78. The van der Waals surface area contributed by atoms with Crippen molar-refractivity contribution in [2.24, 2.45) is 0 Å². The van der Waals surface area contributed by atoms with Gasteiger partial charge in [-0.25, -0.2) is 0 Å². The van der Waals surface area contributed by atoms with Gasteiger partial charge in [-0.15, -0.1) is 0 Å². The van der Waals surface area contributed by atoms with Crippen molar-refractivity contribution in [3.63, 3.8) is 0 Å². The fourth-order valence-electron chi connectivity index (χ4n) is 2.28. The van der Waals surface area contributed by atoms with Gasteiger partial charge in [0, 0.05) is 0 Å². The van der Waals surface area contributed by atoms with Crippen LogP contribution in [0.4, 0.5) is 0 Å². The Hall–Kier alpha value is -2.84. The summed E-state index contributed by atoms with van der Waals surface area (Å²) in [4.78, 5) is 12.1. The molecular formula is C19H20N2O3. The summed E-state index contributed by atoms with van der Waals surface area (Å²) >= 11 is 0. The van der Waals surface area contributed by atoms with Gasteiger partial charge in [-0.3, -0.25) is 4.79 Å². The molecule has 0 aliphatic carbocycles. The molecule has 2 aromatic carbocycles. The lowest BCUT2D eigenvalue weighted by atomic mass is 9.96. The summed E-state index contributed by atoms with van der Waals surface area (Å²) in [5.41, 5.74) is 0.397. The Morgan fingerprint density at radius 2 is 2.00 bits per heavy atom. The van der Waals surface area contributed by atoms with Crippen LogP contribution in [-0.2, 0) is 16.8 Å². The molecule has 2 N–H and O–H groups in total. The van der Waals surface area contributed by atoms with Crippen LogP contribution >= 0.6 is 0 Å². The first-order valence-electron chi connectivity index (χ1n) is 7.64. The van der Waals surface area contributed by atoms with Gasteiger partial charge in [0.15, 0.2) is 6.61 Å². The van der Waals surface area contributed by atoms with Crippen LogP contribution in [0.3, 0.4) is 0 Å². The second-order valence-corrected chi connectivity index (χ2v) is 5.69. The van der Waals surface area contributed by atoms with E-state index in [1.54, 1.807) is 25.1 Å². The molecule has 0 saturated heterocycles. The van der Waals surface area contributed by atoms with Gasteiger partial charge in [-0.1, -0.05) is 42.5 Å². The van der Waals surface area contributed by atoms with Gasteiger partial charge in [0.25, 0.3) is 0 Å². The maximum absolute atomic E-state index is 12.1. The van der Waals surface area contributed by atoms with E-state index in [-0.39, 0.29) is 25.5 Å². The Balaban J connectivity index is 1.91. The molecule has 5 heteroatoms. The molecule has 0 heterocycles. The van der Waals surface area contributed by atoms with Crippen molar-refractivity contribution in [3.05, 3.63) is 65.7 Å². The number of hydrogen-bond acceptors (Lipinski definition) is 4. The van der Waals surface area contributed by atoms with Crippen LogP contribution in [0.15, 0.2) is 54.6 Å². The van der Waals surface area contributed by atoms with E-state index < -0.39 is 5.60 Å². The molecule has 0 aliphatic rings. The maximum atomic E-state index is 12.1. The van der Waals surface area contributed by atoms with E-state index in [1.807, 2.05) is 42.5 Å². The Morgan fingerprint density at radius 1 is 1.25 bits per heavy atom. The molecule has 0 spiro atoms. The summed E-state index contributed by atoms with van der Waals surface area (Å²) in [7, 11) is 0. The van der Waals surface area contributed by atoms with Gasteiger partial charge in [-0.05, 0) is 30.2 Å². The molecule has 2 aromatic rings. The van der Waals surface area contributed by atoms with Gasteiger partial charge in [-0.2, -0.15) is 5.26 Å². The molecule has 5 nitrogen and oxygen atoms in total. The summed E-state index contributed by atoms with van der Waals surface area (Å²) in [5.74, 6) is 0.363. The fourth-order valence-corrected chi connectivity index (χ4v) is 2.28. The Labute approximate surface area is 141 Å². The van der Waals surface area contributed by atoms with Crippen molar-refractivity contribution >= 4 is 5.91 Å². The summed E-state index contributed by atoms with van der Waals surface area (Å²) in [5, 5.41) is 21.7. The minimum absolute atomic E-state index is 0.0322. The summed E-state index contributed by atoms with van der Waals surface area (Å²) in [6.07, 6.45) is 0.175. The molecule has 1 amide bonds. The Kier molecular flexibility index (Phi) is 5.94. The van der Waals surface area contributed by atoms with Crippen molar-refractivity contribution in [1.82, 2.24) is 5.32 Å². The summed E-state index contributed by atoms with van der Waals surface area (Å²) < 4.78 is 5.22. The second kappa shape index (κ2) is 8.14. The number of ether oxygens (including phenoxy) is 1. The van der Waals surface area contributed by atoms with Gasteiger partial charge in [0.05, 0.1) is 13.0 Å². The van der Waals surface area contributed by atoms with Crippen LogP contribution < -0.4 is 10.1 Å². The zero-order valence-corrected chi connectivity index (χ0v) is 13.5. The Morgan fingerprint density at radius 3 is 2.71 bits per heavy atom. The van der Waals surface area contributed by atoms with E-state index in [9.17, 15) is 9.90 Å². The molecule has 0 saturated carbocycles. The van der Waals surface area contributed by atoms with Crippen molar-refractivity contribution < 1.29 is 14.6 Å². The van der Waals surface area contributed by atoms with Crippen molar-refractivity contribution in [2.75, 3.05) is 13.2 Å². The Bertz CT molecular complexity index is 721. The number of nitriles is 1. The van der Waals surface area contributed by atoms with Crippen LogP contribution in [0.1, 0.15) is 18.1 Å². The van der Waals surface area contributed by atoms with Crippen LogP contribution in [0.5, 0.6) is 5.75 Å². The number of rotatable bonds is 7. The van der Waals surface area contributed by atoms with Crippen LogP contribution in [0.25, 0.3) is 0 Å². The largest absolute Gasteiger partial charge is 0.479 e. The first-order valence-corrected chi connectivity index (χ1v) is 7.64. The molecule has 2 rings (SSSR count). The number of nitrogens with one attached hydrogen (secondary N) is 1. The molecule has 0 fully saturated rings. The second-order valence-electron chi connectivity index (χ2n) is 5.69. The number of amides is 1. The van der Waals surface area contributed by atoms with E-state index in [0.717, 1.165) is 11.1 Å². The number of hydrogen-bond donors (Lipinski definition) is 2. The lowest BCUT2D eigenvalue weighted by molar-refractivity contribution is -0.121. The van der Waals surface area contributed by atoms with E-state index in [4.69, 9.17) is 10.00 Å². The van der Waals surface area contributed by atoms with Crippen molar-refractivity contribution in [1.29, 1.82) is 5.26 Å². The number of carbonyl (C=O) groups is 1. The minimum Gasteiger partial charge on any atom is -0.479 e. The minimum atomic E-state index is -1.13. The van der Waals surface area contributed by atoms with Crippen LogP contribution in [0, 0.1) is 11.3 Å².